The maximum atomic E-state index is 4.07. The fraction of sp³-hybridized carbons (Fsp3) is 0.667. The molecule has 2 heteroatoms. The van der Waals surface area contributed by atoms with Crippen molar-refractivity contribution in [2.24, 2.45) is 0 Å². The largest absolute Gasteiger partial charge is 0.303 e. The number of hydrogen-bond acceptors (Lipinski definition) is 2. The molecule has 17 heavy (non-hydrogen) atoms. The quantitative estimate of drug-likeness (QED) is 0.775. The van der Waals surface area contributed by atoms with E-state index in [-0.39, 0.29) is 0 Å². The van der Waals surface area contributed by atoms with Crippen LogP contribution in [0.5, 0.6) is 0 Å². The van der Waals surface area contributed by atoms with Gasteiger partial charge < -0.3 is 4.90 Å². The minimum absolute atomic E-state index is 0.728. The lowest BCUT2D eigenvalue weighted by Crippen LogP contribution is -2.34. The third-order valence-corrected chi connectivity index (χ3v) is 3.13. The van der Waals surface area contributed by atoms with Crippen LogP contribution >= 0.6 is 0 Å². The van der Waals surface area contributed by atoms with Gasteiger partial charge in [0.05, 0.1) is 0 Å². The average Bonchev–Trinajstić information content (AvgIpc) is 2.41. The van der Waals surface area contributed by atoms with E-state index in [2.05, 4.69) is 42.8 Å². The second kappa shape index (κ2) is 8.24. The summed E-state index contributed by atoms with van der Waals surface area (Å²) in [4.78, 5) is 6.60. The topological polar surface area (TPSA) is 16.1 Å². The molecule has 2 nitrogen and oxygen atoms in total. The highest BCUT2D eigenvalue weighted by Crippen LogP contribution is 2.25. The minimum Gasteiger partial charge on any atom is -0.303 e. The fourth-order valence-corrected chi connectivity index (χ4v) is 2.25. The molecule has 0 amide bonds. The molecule has 0 N–H and O–H groups in total. The summed E-state index contributed by atoms with van der Waals surface area (Å²) in [5.74, 6) is 0.728. The number of likely N-dealkylation sites (tertiary alicyclic amines) is 1. The van der Waals surface area contributed by atoms with Gasteiger partial charge in [-0.1, -0.05) is 27.2 Å². The molecule has 1 aromatic rings. The van der Waals surface area contributed by atoms with E-state index in [9.17, 15) is 0 Å². The lowest BCUT2D eigenvalue weighted by molar-refractivity contribution is 0.218. The second-order valence-electron chi connectivity index (χ2n) is 4.72. The molecule has 1 aromatic heterocycles. The summed E-state index contributed by atoms with van der Waals surface area (Å²) in [6.07, 6.45) is 7.72. The summed E-state index contributed by atoms with van der Waals surface area (Å²) in [6, 6.07) is 4.31. The van der Waals surface area contributed by atoms with E-state index in [0.717, 1.165) is 5.92 Å². The molecule has 2 heterocycles. The van der Waals surface area contributed by atoms with Crippen LogP contribution in [0.25, 0.3) is 0 Å². The highest BCUT2D eigenvalue weighted by Gasteiger charge is 2.19. The van der Waals surface area contributed by atoms with Gasteiger partial charge in [-0.2, -0.15) is 0 Å². The van der Waals surface area contributed by atoms with E-state index in [1.165, 1.54) is 44.5 Å². The Morgan fingerprint density at radius 1 is 1.24 bits per heavy atom. The van der Waals surface area contributed by atoms with Gasteiger partial charge in [-0.05, 0) is 49.5 Å². The van der Waals surface area contributed by atoms with Gasteiger partial charge in [0.1, 0.15) is 0 Å². The number of likely N-dealkylation sites (N-methyl/N-ethyl adjacent to an activating group) is 1. The van der Waals surface area contributed by atoms with Crippen molar-refractivity contribution in [3.8, 4) is 0 Å². The Kier molecular flexibility index (Phi) is 6.87. The molecule has 96 valence electrons. The first-order valence-electron chi connectivity index (χ1n) is 6.94. The van der Waals surface area contributed by atoms with Crippen molar-refractivity contribution in [1.82, 2.24) is 9.88 Å². The fourth-order valence-electron chi connectivity index (χ4n) is 2.25. The zero-order chi connectivity index (χ0) is 12.5. The Hall–Kier alpha value is -0.890. The molecule has 0 radical (unpaired) electrons. The minimum atomic E-state index is 0.728. The molecule has 0 saturated carbocycles. The van der Waals surface area contributed by atoms with Crippen LogP contribution in [-0.4, -0.2) is 29.5 Å². The Balaban J connectivity index is 0.000000437. The smallest absolute Gasteiger partial charge is 0.0270 e. The Morgan fingerprint density at radius 3 is 2.47 bits per heavy atom. The first-order valence-corrected chi connectivity index (χ1v) is 6.94. The highest BCUT2D eigenvalue weighted by molar-refractivity contribution is 5.16. The molecule has 1 aliphatic rings. The molecular formula is C15H26N2. The predicted molar refractivity (Wildman–Crippen MR) is 74.3 cm³/mol. The molecule has 0 spiro atoms. The number of pyridine rings is 1. The Bertz CT molecular complexity index is 284. The van der Waals surface area contributed by atoms with E-state index in [0.29, 0.717) is 0 Å². The third-order valence-electron chi connectivity index (χ3n) is 3.13. The maximum Gasteiger partial charge on any atom is 0.0270 e. The molecule has 0 aromatic carbocycles. The molecule has 1 saturated heterocycles. The van der Waals surface area contributed by atoms with Crippen molar-refractivity contribution in [3.05, 3.63) is 30.1 Å². The van der Waals surface area contributed by atoms with E-state index in [1.807, 2.05) is 12.4 Å². The van der Waals surface area contributed by atoms with Crippen LogP contribution in [0.1, 0.15) is 51.5 Å². The van der Waals surface area contributed by atoms with Crippen LogP contribution in [0, 0.1) is 0 Å². The van der Waals surface area contributed by atoms with E-state index < -0.39 is 0 Å². The molecule has 0 aliphatic carbocycles. The molecule has 1 atom stereocenters. The van der Waals surface area contributed by atoms with Gasteiger partial charge in [-0.25, -0.2) is 0 Å². The van der Waals surface area contributed by atoms with Gasteiger partial charge >= 0.3 is 0 Å². The zero-order valence-corrected chi connectivity index (χ0v) is 11.5. The average molecular weight is 234 g/mol. The van der Waals surface area contributed by atoms with Crippen molar-refractivity contribution in [1.29, 1.82) is 0 Å². The molecular weight excluding hydrogens is 208 g/mol. The van der Waals surface area contributed by atoms with E-state index >= 15 is 0 Å². The van der Waals surface area contributed by atoms with Gasteiger partial charge in [0, 0.05) is 18.9 Å². The summed E-state index contributed by atoms with van der Waals surface area (Å²) in [5.41, 5.74) is 1.46. The lowest BCUT2D eigenvalue weighted by atomic mass is 9.91. The van der Waals surface area contributed by atoms with Gasteiger partial charge in [-0.3, -0.25) is 4.98 Å². The normalized spacial score (nSPS) is 20.5. The molecule has 1 unspecified atom stereocenters. The number of piperidine rings is 1. The summed E-state index contributed by atoms with van der Waals surface area (Å²) >= 11 is 0. The third kappa shape index (κ3) is 4.86. The summed E-state index contributed by atoms with van der Waals surface area (Å²) < 4.78 is 0. The summed E-state index contributed by atoms with van der Waals surface area (Å²) in [7, 11) is 0. The van der Waals surface area contributed by atoms with Gasteiger partial charge in [0.25, 0.3) is 0 Å². The molecule has 1 fully saturated rings. The molecule has 0 bridgehead atoms. The number of nitrogens with zero attached hydrogens (tertiary/aromatic N) is 2. The standard InChI is InChI=1S/C12H18N2.C3H8/c1-2-14-9-3-4-12(10-14)11-5-7-13-8-6-11;1-3-2/h5-8,12H,2-4,9-10H2,1H3;3H2,1-2H3. The monoisotopic (exact) mass is 234 g/mol. The first kappa shape index (κ1) is 14.2. The van der Waals surface area contributed by atoms with Gasteiger partial charge in [-0.15, -0.1) is 0 Å². The van der Waals surface area contributed by atoms with Crippen LogP contribution in [0.4, 0.5) is 0 Å². The van der Waals surface area contributed by atoms with Crippen molar-refractivity contribution in [2.45, 2.75) is 46.0 Å². The van der Waals surface area contributed by atoms with Crippen molar-refractivity contribution in [2.75, 3.05) is 19.6 Å². The Morgan fingerprint density at radius 2 is 1.88 bits per heavy atom. The lowest BCUT2D eigenvalue weighted by Gasteiger charge is -2.31. The van der Waals surface area contributed by atoms with Crippen LogP contribution in [0.15, 0.2) is 24.5 Å². The van der Waals surface area contributed by atoms with Crippen molar-refractivity contribution >= 4 is 0 Å². The summed E-state index contributed by atoms with van der Waals surface area (Å²) in [5, 5.41) is 0. The van der Waals surface area contributed by atoms with Gasteiger partial charge in [0.2, 0.25) is 0 Å². The van der Waals surface area contributed by atoms with Crippen molar-refractivity contribution in [3.63, 3.8) is 0 Å². The van der Waals surface area contributed by atoms with Crippen LogP contribution in [-0.2, 0) is 0 Å². The SMILES string of the molecule is CCC.CCN1CCCC(c2ccncc2)C1. The van der Waals surface area contributed by atoms with E-state index in [4.69, 9.17) is 0 Å². The number of hydrogen-bond donors (Lipinski definition) is 0. The molecule has 1 aliphatic heterocycles. The molecule has 2 rings (SSSR count). The maximum absolute atomic E-state index is 4.07. The van der Waals surface area contributed by atoms with Crippen LogP contribution in [0.3, 0.4) is 0 Å². The van der Waals surface area contributed by atoms with Crippen molar-refractivity contribution < 1.29 is 0 Å². The highest BCUT2D eigenvalue weighted by atomic mass is 15.1. The van der Waals surface area contributed by atoms with Crippen LogP contribution in [0.2, 0.25) is 0 Å². The Labute approximate surface area is 106 Å². The van der Waals surface area contributed by atoms with Crippen LogP contribution < -0.4 is 0 Å². The second-order valence-corrected chi connectivity index (χ2v) is 4.72. The number of rotatable bonds is 2. The number of aromatic nitrogens is 1. The summed E-state index contributed by atoms with van der Waals surface area (Å²) in [6.45, 7) is 10.2. The predicted octanol–water partition coefficient (Wildman–Crippen LogP) is 3.70. The first-order chi connectivity index (χ1) is 8.31. The van der Waals surface area contributed by atoms with E-state index in [1.54, 1.807) is 0 Å². The van der Waals surface area contributed by atoms with Gasteiger partial charge in [0.15, 0.2) is 0 Å². The zero-order valence-electron chi connectivity index (χ0n) is 11.5.